The summed E-state index contributed by atoms with van der Waals surface area (Å²) in [5.41, 5.74) is 0.295. The van der Waals surface area contributed by atoms with Gasteiger partial charge in [-0.2, -0.15) is 5.26 Å². The van der Waals surface area contributed by atoms with Crippen molar-refractivity contribution >= 4 is 17.4 Å². The lowest BCUT2D eigenvalue weighted by Crippen LogP contribution is -2.40. The Hall–Kier alpha value is -2.70. The van der Waals surface area contributed by atoms with Crippen LogP contribution < -0.4 is 5.56 Å². The molecule has 8 nitrogen and oxygen atoms in total. The molecule has 9 heteroatoms. The second-order valence-corrected chi connectivity index (χ2v) is 7.34. The average molecular weight is 371 g/mol. The van der Waals surface area contributed by atoms with Gasteiger partial charge in [-0.1, -0.05) is 25.6 Å². The van der Waals surface area contributed by atoms with E-state index in [1.54, 1.807) is 0 Å². The first-order chi connectivity index (χ1) is 12.4. The number of hydrogen-bond acceptors (Lipinski definition) is 7. The summed E-state index contributed by atoms with van der Waals surface area (Å²) in [6.45, 7) is 5.48. The standard InChI is InChI=1S/C17H17N5O3S/c1-11(2)8-20-9-21-16(23)14(7-18)15(19-17(21)26-10-20)12-3-5-13(6-4-12)22(24)25/h3-6,11H,8-10H2,1-2H3. The summed E-state index contributed by atoms with van der Waals surface area (Å²) in [5, 5.41) is 20.8. The van der Waals surface area contributed by atoms with E-state index in [1.807, 2.05) is 6.07 Å². The number of fused-ring (bicyclic) bond motifs is 1. The zero-order valence-corrected chi connectivity index (χ0v) is 15.2. The van der Waals surface area contributed by atoms with Crippen LogP contribution in [0.15, 0.2) is 34.2 Å². The zero-order chi connectivity index (χ0) is 18.8. The minimum Gasteiger partial charge on any atom is -0.275 e. The van der Waals surface area contributed by atoms with Crippen molar-refractivity contribution in [3.63, 3.8) is 0 Å². The maximum atomic E-state index is 12.8. The number of hydrogen-bond donors (Lipinski definition) is 0. The third-order valence-corrected chi connectivity index (χ3v) is 5.00. The van der Waals surface area contributed by atoms with Gasteiger partial charge in [-0.3, -0.25) is 24.4 Å². The van der Waals surface area contributed by atoms with Crippen LogP contribution in [0.3, 0.4) is 0 Å². The van der Waals surface area contributed by atoms with Gasteiger partial charge in [-0.25, -0.2) is 4.98 Å². The highest BCUT2D eigenvalue weighted by molar-refractivity contribution is 7.99. The summed E-state index contributed by atoms with van der Waals surface area (Å²) in [4.78, 5) is 29.7. The second kappa shape index (κ2) is 7.27. The maximum absolute atomic E-state index is 12.8. The van der Waals surface area contributed by atoms with Crippen LogP contribution in [0.1, 0.15) is 19.4 Å². The smallest absolute Gasteiger partial charge is 0.273 e. The van der Waals surface area contributed by atoms with Crippen LogP contribution in [-0.4, -0.2) is 31.8 Å². The summed E-state index contributed by atoms with van der Waals surface area (Å²) in [6, 6.07) is 7.65. The van der Waals surface area contributed by atoms with E-state index >= 15 is 0 Å². The van der Waals surface area contributed by atoms with Crippen molar-refractivity contribution < 1.29 is 4.92 Å². The highest BCUT2D eigenvalue weighted by atomic mass is 32.2. The second-order valence-electron chi connectivity index (χ2n) is 6.43. The molecule has 0 spiro atoms. The Morgan fingerprint density at radius 3 is 2.65 bits per heavy atom. The molecular formula is C17H17N5O3S. The third kappa shape index (κ3) is 3.47. The Bertz CT molecular complexity index is 947. The Kier molecular flexibility index (Phi) is 5.06. The predicted molar refractivity (Wildman–Crippen MR) is 97.6 cm³/mol. The fourth-order valence-corrected chi connectivity index (χ4v) is 3.77. The number of nitro groups is 1. The molecule has 1 aromatic carbocycles. The Morgan fingerprint density at radius 1 is 1.38 bits per heavy atom. The van der Waals surface area contributed by atoms with Gasteiger partial charge in [0, 0.05) is 24.2 Å². The molecule has 0 saturated heterocycles. The number of benzene rings is 1. The number of thioether (sulfide) groups is 1. The van der Waals surface area contributed by atoms with Crippen LogP contribution in [0, 0.1) is 27.4 Å². The van der Waals surface area contributed by atoms with Gasteiger partial charge in [-0.15, -0.1) is 0 Å². The fourth-order valence-electron chi connectivity index (χ4n) is 2.84. The topological polar surface area (TPSA) is 105 Å². The maximum Gasteiger partial charge on any atom is 0.273 e. The SMILES string of the molecule is CC(C)CN1CSc2nc(-c3ccc([N+](=O)[O-])cc3)c(C#N)c(=O)n2C1. The molecule has 0 saturated carbocycles. The van der Waals surface area contributed by atoms with Gasteiger partial charge in [0.2, 0.25) is 0 Å². The van der Waals surface area contributed by atoms with E-state index in [9.17, 15) is 20.2 Å². The Balaban J connectivity index is 2.04. The van der Waals surface area contributed by atoms with E-state index in [0.29, 0.717) is 23.3 Å². The van der Waals surface area contributed by atoms with Crippen molar-refractivity contribution in [3.05, 3.63) is 50.3 Å². The average Bonchev–Trinajstić information content (AvgIpc) is 2.61. The fraction of sp³-hybridized carbons (Fsp3) is 0.353. The molecule has 0 atom stereocenters. The molecule has 134 valence electrons. The normalized spacial score (nSPS) is 14.1. The molecule has 2 heterocycles. The molecule has 1 aliphatic heterocycles. The number of rotatable bonds is 4. The molecule has 1 aromatic heterocycles. The molecule has 0 unspecified atom stereocenters. The lowest BCUT2D eigenvalue weighted by atomic mass is 10.1. The summed E-state index contributed by atoms with van der Waals surface area (Å²) < 4.78 is 1.52. The van der Waals surface area contributed by atoms with Crippen LogP contribution >= 0.6 is 11.8 Å². The van der Waals surface area contributed by atoms with Gasteiger partial charge in [0.15, 0.2) is 5.16 Å². The van der Waals surface area contributed by atoms with Gasteiger partial charge < -0.3 is 0 Å². The predicted octanol–water partition coefficient (Wildman–Crippen LogP) is 2.67. The molecule has 26 heavy (non-hydrogen) atoms. The molecule has 3 rings (SSSR count). The highest BCUT2D eigenvalue weighted by Gasteiger charge is 2.24. The van der Waals surface area contributed by atoms with Crippen LogP contribution in [-0.2, 0) is 6.67 Å². The number of non-ortho nitro benzene ring substituents is 1. The van der Waals surface area contributed by atoms with Crippen LogP contribution in [0.4, 0.5) is 5.69 Å². The summed E-state index contributed by atoms with van der Waals surface area (Å²) >= 11 is 1.45. The van der Waals surface area contributed by atoms with E-state index < -0.39 is 4.92 Å². The van der Waals surface area contributed by atoms with Crippen LogP contribution in [0.2, 0.25) is 0 Å². The minimum absolute atomic E-state index is 0.0467. The van der Waals surface area contributed by atoms with E-state index in [1.165, 1.54) is 40.6 Å². The molecule has 0 aliphatic carbocycles. The lowest BCUT2D eigenvalue weighted by molar-refractivity contribution is -0.384. The number of nitro benzene ring substituents is 1. The van der Waals surface area contributed by atoms with Gasteiger partial charge in [0.05, 0.1) is 23.2 Å². The number of nitriles is 1. The molecule has 0 radical (unpaired) electrons. The van der Waals surface area contributed by atoms with Gasteiger partial charge in [0.1, 0.15) is 11.6 Å². The quantitative estimate of drug-likeness (QED) is 0.462. The van der Waals surface area contributed by atoms with Crippen molar-refractivity contribution in [3.8, 4) is 17.3 Å². The molecule has 0 fully saturated rings. The summed E-state index contributed by atoms with van der Waals surface area (Å²) in [5.74, 6) is 1.19. The van der Waals surface area contributed by atoms with Gasteiger partial charge in [-0.05, 0) is 18.1 Å². The summed E-state index contributed by atoms with van der Waals surface area (Å²) in [7, 11) is 0. The first-order valence-corrected chi connectivity index (χ1v) is 9.04. The van der Waals surface area contributed by atoms with E-state index in [2.05, 4.69) is 23.7 Å². The van der Waals surface area contributed by atoms with E-state index in [0.717, 1.165) is 12.4 Å². The number of nitrogens with zero attached hydrogens (tertiary/aromatic N) is 5. The molecule has 2 aromatic rings. The molecular weight excluding hydrogens is 354 g/mol. The number of aromatic nitrogens is 2. The zero-order valence-electron chi connectivity index (χ0n) is 14.4. The van der Waals surface area contributed by atoms with Crippen LogP contribution in [0.5, 0.6) is 0 Å². The summed E-state index contributed by atoms with van der Waals surface area (Å²) in [6.07, 6.45) is 0. The molecule has 0 N–H and O–H groups in total. The van der Waals surface area contributed by atoms with Crippen molar-refractivity contribution in [2.45, 2.75) is 25.7 Å². The largest absolute Gasteiger partial charge is 0.275 e. The van der Waals surface area contributed by atoms with Gasteiger partial charge >= 0.3 is 0 Å². The minimum atomic E-state index is -0.497. The third-order valence-electron chi connectivity index (χ3n) is 3.94. The Labute approximate surface area is 154 Å². The van der Waals surface area contributed by atoms with E-state index in [-0.39, 0.29) is 22.5 Å². The van der Waals surface area contributed by atoms with E-state index in [4.69, 9.17) is 0 Å². The first kappa shape index (κ1) is 18.1. The molecule has 1 aliphatic rings. The molecule has 0 amide bonds. The lowest BCUT2D eigenvalue weighted by Gasteiger charge is -2.30. The molecule has 0 bridgehead atoms. The van der Waals surface area contributed by atoms with Crippen molar-refractivity contribution in [2.75, 3.05) is 12.4 Å². The van der Waals surface area contributed by atoms with Crippen molar-refractivity contribution in [2.24, 2.45) is 5.92 Å². The monoisotopic (exact) mass is 371 g/mol. The van der Waals surface area contributed by atoms with Crippen molar-refractivity contribution in [1.82, 2.24) is 14.5 Å². The van der Waals surface area contributed by atoms with Gasteiger partial charge in [0.25, 0.3) is 11.2 Å². The first-order valence-electron chi connectivity index (χ1n) is 8.05. The van der Waals surface area contributed by atoms with Crippen molar-refractivity contribution in [1.29, 1.82) is 5.26 Å². The van der Waals surface area contributed by atoms with Crippen LogP contribution in [0.25, 0.3) is 11.3 Å². The Morgan fingerprint density at radius 2 is 2.08 bits per heavy atom. The highest BCUT2D eigenvalue weighted by Crippen LogP contribution is 2.28.